The number of benzene rings is 2. The summed E-state index contributed by atoms with van der Waals surface area (Å²) in [5, 5.41) is 5.80. The predicted molar refractivity (Wildman–Crippen MR) is 105 cm³/mol. The molecule has 1 unspecified atom stereocenters. The minimum Gasteiger partial charge on any atom is -0.375 e. The van der Waals surface area contributed by atoms with Crippen LogP contribution in [0.1, 0.15) is 31.4 Å². The van der Waals surface area contributed by atoms with E-state index in [9.17, 15) is 9.59 Å². The third-order valence-corrected chi connectivity index (χ3v) is 4.16. The van der Waals surface area contributed by atoms with E-state index in [0.29, 0.717) is 6.54 Å². The Balaban J connectivity index is 1.76. The summed E-state index contributed by atoms with van der Waals surface area (Å²) in [5.74, 6) is -0.203. The van der Waals surface area contributed by atoms with Crippen molar-refractivity contribution in [1.29, 1.82) is 0 Å². The zero-order valence-corrected chi connectivity index (χ0v) is 15.4. The van der Waals surface area contributed by atoms with Crippen molar-refractivity contribution in [1.82, 2.24) is 10.6 Å². The Morgan fingerprint density at radius 1 is 1.00 bits per heavy atom. The molecule has 5 heteroatoms. The highest BCUT2D eigenvalue weighted by Gasteiger charge is 2.16. The van der Waals surface area contributed by atoms with E-state index in [-0.39, 0.29) is 24.3 Å². The molecule has 2 amide bonds. The summed E-state index contributed by atoms with van der Waals surface area (Å²) in [6.45, 7) is 2.93. The number of rotatable bonds is 9. The smallest absolute Gasteiger partial charge is 0.222 e. The van der Waals surface area contributed by atoms with E-state index in [2.05, 4.69) is 27.7 Å². The van der Waals surface area contributed by atoms with Crippen LogP contribution in [0.25, 0.3) is 0 Å². The second kappa shape index (κ2) is 10.2. The fraction of sp³-hybridized carbons (Fsp3) is 0.333. The third kappa shape index (κ3) is 6.59. The minimum atomic E-state index is -0.305. The number of amides is 2. The fourth-order valence-corrected chi connectivity index (χ4v) is 2.80. The first kappa shape index (κ1) is 19.5. The van der Waals surface area contributed by atoms with Crippen molar-refractivity contribution in [3.05, 3.63) is 66.2 Å². The average Bonchev–Trinajstić information content (AvgIpc) is 2.65. The van der Waals surface area contributed by atoms with E-state index >= 15 is 0 Å². The molecule has 1 atom stereocenters. The summed E-state index contributed by atoms with van der Waals surface area (Å²) in [6.07, 6.45) is 1.09. The van der Waals surface area contributed by atoms with E-state index in [0.717, 1.165) is 24.2 Å². The molecule has 0 radical (unpaired) electrons. The van der Waals surface area contributed by atoms with Gasteiger partial charge >= 0.3 is 0 Å². The lowest BCUT2D eigenvalue weighted by Gasteiger charge is -2.20. The van der Waals surface area contributed by atoms with Crippen molar-refractivity contribution < 1.29 is 9.59 Å². The molecule has 138 valence electrons. The average molecular weight is 353 g/mol. The van der Waals surface area contributed by atoms with Crippen LogP contribution in [0.3, 0.4) is 0 Å². The van der Waals surface area contributed by atoms with Gasteiger partial charge in [-0.3, -0.25) is 9.59 Å². The standard InChI is InChI=1S/C21H27N3O2/c1-17(25)23-20(18-10-5-3-6-11-18)16-21(26)22-14-9-15-24(2)19-12-7-4-8-13-19/h3-8,10-13,20H,9,14-16H2,1-2H3,(H,22,26)(H,23,25). The molecule has 0 aliphatic rings. The molecule has 2 aromatic carbocycles. The Kier molecular flexibility index (Phi) is 7.68. The number of nitrogens with zero attached hydrogens (tertiary/aromatic N) is 1. The number of para-hydroxylation sites is 1. The van der Waals surface area contributed by atoms with Gasteiger partial charge in [0.15, 0.2) is 0 Å². The Morgan fingerprint density at radius 2 is 1.62 bits per heavy atom. The first-order valence-electron chi connectivity index (χ1n) is 8.91. The molecule has 2 rings (SSSR count). The normalized spacial score (nSPS) is 11.5. The molecule has 0 saturated carbocycles. The monoisotopic (exact) mass is 353 g/mol. The van der Waals surface area contributed by atoms with E-state index in [1.54, 1.807) is 0 Å². The van der Waals surface area contributed by atoms with Crippen molar-refractivity contribution in [3.8, 4) is 0 Å². The molecule has 0 heterocycles. The van der Waals surface area contributed by atoms with E-state index < -0.39 is 0 Å². The lowest BCUT2D eigenvalue weighted by Crippen LogP contribution is -2.33. The van der Waals surface area contributed by atoms with E-state index in [4.69, 9.17) is 0 Å². The molecule has 5 nitrogen and oxygen atoms in total. The van der Waals surface area contributed by atoms with Gasteiger partial charge in [-0.1, -0.05) is 48.5 Å². The largest absolute Gasteiger partial charge is 0.375 e. The molecule has 0 aliphatic carbocycles. The van der Waals surface area contributed by atoms with Crippen molar-refractivity contribution in [2.45, 2.75) is 25.8 Å². The summed E-state index contributed by atoms with van der Waals surface area (Å²) >= 11 is 0. The van der Waals surface area contributed by atoms with Gasteiger partial charge in [0, 0.05) is 32.7 Å². The molecule has 2 N–H and O–H groups in total. The molecule has 2 aromatic rings. The Bertz CT molecular complexity index is 689. The molecule has 26 heavy (non-hydrogen) atoms. The number of nitrogens with one attached hydrogen (secondary N) is 2. The molecular weight excluding hydrogens is 326 g/mol. The summed E-state index contributed by atoms with van der Waals surface area (Å²) in [7, 11) is 2.04. The Morgan fingerprint density at radius 3 is 2.23 bits per heavy atom. The van der Waals surface area contributed by atoms with Crippen LogP contribution < -0.4 is 15.5 Å². The van der Waals surface area contributed by atoms with Gasteiger partial charge in [0.1, 0.15) is 0 Å². The molecule has 0 saturated heterocycles. The van der Waals surface area contributed by atoms with Gasteiger partial charge in [0.25, 0.3) is 0 Å². The lowest BCUT2D eigenvalue weighted by molar-refractivity contribution is -0.122. The molecule has 0 bridgehead atoms. The maximum atomic E-state index is 12.2. The Hall–Kier alpha value is -2.82. The molecular formula is C21H27N3O2. The highest BCUT2D eigenvalue weighted by Crippen LogP contribution is 2.16. The SMILES string of the molecule is CC(=O)NC(CC(=O)NCCCN(C)c1ccccc1)c1ccccc1. The predicted octanol–water partition coefficient (Wildman–Crippen LogP) is 2.90. The zero-order chi connectivity index (χ0) is 18.8. The maximum absolute atomic E-state index is 12.2. The fourth-order valence-electron chi connectivity index (χ4n) is 2.80. The summed E-state index contributed by atoms with van der Waals surface area (Å²) in [4.78, 5) is 25.8. The summed E-state index contributed by atoms with van der Waals surface area (Å²) in [5.41, 5.74) is 2.09. The van der Waals surface area contributed by atoms with E-state index in [1.807, 2.05) is 55.6 Å². The molecule has 0 fully saturated rings. The number of carbonyl (C=O) groups is 2. The summed E-state index contributed by atoms with van der Waals surface area (Å²) in [6, 6.07) is 19.4. The van der Waals surface area contributed by atoms with Crippen LogP contribution in [0.15, 0.2) is 60.7 Å². The Labute approximate surface area is 155 Å². The van der Waals surface area contributed by atoms with Crippen LogP contribution >= 0.6 is 0 Å². The number of hydrogen-bond donors (Lipinski definition) is 2. The number of carbonyl (C=O) groups excluding carboxylic acids is 2. The van der Waals surface area contributed by atoms with Gasteiger partial charge in [-0.15, -0.1) is 0 Å². The third-order valence-electron chi connectivity index (χ3n) is 4.16. The number of hydrogen-bond acceptors (Lipinski definition) is 3. The minimum absolute atomic E-state index is 0.0602. The second-order valence-corrected chi connectivity index (χ2v) is 6.33. The molecule has 0 aliphatic heterocycles. The van der Waals surface area contributed by atoms with E-state index in [1.165, 1.54) is 6.92 Å². The van der Waals surface area contributed by atoms with Crippen molar-refractivity contribution in [2.24, 2.45) is 0 Å². The van der Waals surface area contributed by atoms with Gasteiger partial charge in [-0.25, -0.2) is 0 Å². The molecule has 0 aromatic heterocycles. The van der Waals surface area contributed by atoms with Gasteiger partial charge in [-0.05, 0) is 24.1 Å². The van der Waals surface area contributed by atoms with Crippen LogP contribution in [-0.4, -0.2) is 32.0 Å². The first-order chi connectivity index (χ1) is 12.6. The van der Waals surface area contributed by atoms with Gasteiger partial charge in [-0.2, -0.15) is 0 Å². The van der Waals surface area contributed by atoms with Crippen molar-refractivity contribution in [3.63, 3.8) is 0 Å². The lowest BCUT2D eigenvalue weighted by atomic mass is 10.0. The quantitative estimate of drug-likeness (QED) is 0.682. The van der Waals surface area contributed by atoms with Gasteiger partial charge < -0.3 is 15.5 Å². The van der Waals surface area contributed by atoms with Crippen LogP contribution in [0.5, 0.6) is 0 Å². The van der Waals surface area contributed by atoms with Gasteiger partial charge in [0.2, 0.25) is 11.8 Å². The van der Waals surface area contributed by atoms with Crippen LogP contribution in [0.2, 0.25) is 0 Å². The van der Waals surface area contributed by atoms with Crippen LogP contribution in [0.4, 0.5) is 5.69 Å². The highest BCUT2D eigenvalue weighted by molar-refractivity contribution is 5.79. The van der Waals surface area contributed by atoms with Gasteiger partial charge in [0.05, 0.1) is 12.5 Å². The van der Waals surface area contributed by atoms with Crippen molar-refractivity contribution in [2.75, 3.05) is 25.0 Å². The first-order valence-corrected chi connectivity index (χ1v) is 8.91. The zero-order valence-electron chi connectivity index (χ0n) is 15.4. The highest BCUT2D eigenvalue weighted by atomic mass is 16.2. The van der Waals surface area contributed by atoms with Crippen molar-refractivity contribution >= 4 is 17.5 Å². The summed E-state index contributed by atoms with van der Waals surface area (Å²) < 4.78 is 0. The topological polar surface area (TPSA) is 61.4 Å². The van der Waals surface area contributed by atoms with Crippen LogP contribution in [0, 0.1) is 0 Å². The maximum Gasteiger partial charge on any atom is 0.222 e. The molecule has 0 spiro atoms. The van der Waals surface area contributed by atoms with Crippen LogP contribution in [-0.2, 0) is 9.59 Å². The number of anilines is 1. The second-order valence-electron chi connectivity index (χ2n) is 6.33.